The van der Waals surface area contributed by atoms with Gasteiger partial charge in [-0.25, -0.2) is 4.79 Å². The molecule has 0 bridgehead atoms. The average molecular weight is 354 g/mol. The van der Waals surface area contributed by atoms with Gasteiger partial charge in [0.15, 0.2) is 0 Å². The molecule has 1 unspecified atom stereocenters. The molecule has 2 fully saturated rings. The topological polar surface area (TPSA) is 95.9 Å². The molecule has 7 heteroatoms. The molecule has 1 aliphatic carbocycles. The molecule has 25 heavy (non-hydrogen) atoms. The lowest BCUT2D eigenvalue weighted by atomic mass is 9.89. The van der Waals surface area contributed by atoms with E-state index >= 15 is 0 Å². The summed E-state index contributed by atoms with van der Waals surface area (Å²) < 4.78 is 5.22. The molecule has 2 amide bonds. The van der Waals surface area contributed by atoms with Crippen molar-refractivity contribution < 1.29 is 24.2 Å². The van der Waals surface area contributed by atoms with Crippen molar-refractivity contribution >= 4 is 18.0 Å². The Morgan fingerprint density at radius 1 is 1.16 bits per heavy atom. The van der Waals surface area contributed by atoms with E-state index in [1.165, 1.54) is 0 Å². The van der Waals surface area contributed by atoms with Gasteiger partial charge in [0.05, 0.1) is 6.42 Å². The van der Waals surface area contributed by atoms with Crippen LogP contribution in [0.15, 0.2) is 0 Å². The van der Waals surface area contributed by atoms with Crippen molar-refractivity contribution in [2.75, 3.05) is 13.1 Å². The number of carboxylic acids is 1. The first kappa shape index (κ1) is 19.5. The summed E-state index contributed by atoms with van der Waals surface area (Å²) in [5, 5.41) is 11.8. The maximum atomic E-state index is 12.1. The highest BCUT2D eigenvalue weighted by atomic mass is 16.6. The standard InChI is InChI=1S/C18H30N2O5/c1-18(2,3)25-17(24)19-14(11-15(21)22)10-12-6-8-20(9-7-12)16(23)13-4-5-13/h12-14H,4-11H2,1-3H3,(H,19,24)(H,21,22). The van der Waals surface area contributed by atoms with Crippen molar-refractivity contribution in [2.24, 2.45) is 11.8 Å². The summed E-state index contributed by atoms with van der Waals surface area (Å²) in [6, 6.07) is -0.456. The van der Waals surface area contributed by atoms with Crippen LogP contribution in [0.4, 0.5) is 4.79 Å². The Bertz CT molecular complexity index is 502. The molecule has 7 nitrogen and oxygen atoms in total. The average Bonchev–Trinajstić information content (AvgIpc) is 3.29. The summed E-state index contributed by atoms with van der Waals surface area (Å²) >= 11 is 0. The van der Waals surface area contributed by atoms with Gasteiger partial charge in [-0.15, -0.1) is 0 Å². The van der Waals surface area contributed by atoms with Gasteiger partial charge in [0.1, 0.15) is 5.60 Å². The molecular formula is C18H30N2O5. The van der Waals surface area contributed by atoms with E-state index in [1.54, 1.807) is 20.8 Å². The highest BCUT2D eigenvalue weighted by Gasteiger charge is 2.35. The number of nitrogens with zero attached hydrogens (tertiary/aromatic N) is 1. The van der Waals surface area contributed by atoms with Crippen LogP contribution in [0, 0.1) is 11.8 Å². The minimum atomic E-state index is -0.942. The normalized spacial score (nSPS) is 20.0. The van der Waals surface area contributed by atoms with Crippen LogP contribution < -0.4 is 5.32 Å². The van der Waals surface area contributed by atoms with Gasteiger partial charge >= 0.3 is 12.1 Å². The predicted molar refractivity (Wildman–Crippen MR) is 92.1 cm³/mol. The fourth-order valence-corrected chi connectivity index (χ4v) is 3.26. The quantitative estimate of drug-likeness (QED) is 0.763. The Balaban J connectivity index is 1.81. The van der Waals surface area contributed by atoms with Gasteiger partial charge < -0.3 is 20.1 Å². The number of alkyl carbamates (subject to hydrolysis) is 1. The number of carbonyl (C=O) groups excluding carboxylic acids is 2. The third kappa shape index (κ3) is 6.92. The molecule has 1 atom stereocenters. The van der Waals surface area contributed by atoms with Crippen LogP contribution in [-0.2, 0) is 14.3 Å². The highest BCUT2D eigenvalue weighted by Crippen LogP contribution is 2.33. The van der Waals surface area contributed by atoms with E-state index in [0.29, 0.717) is 12.3 Å². The van der Waals surface area contributed by atoms with Crippen LogP contribution >= 0.6 is 0 Å². The number of likely N-dealkylation sites (tertiary alicyclic amines) is 1. The van der Waals surface area contributed by atoms with Gasteiger partial charge in [0.25, 0.3) is 0 Å². The van der Waals surface area contributed by atoms with Crippen LogP contribution in [0.1, 0.15) is 59.3 Å². The predicted octanol–water partition coefficient (Wildman–Crippen LogP) is 2.39. The number of rotatable bonds is 6. The Morgan fingerprint density at radius 3 is 2.24 bits per heavy atom. The zero-order valence-electron chi connectivity index (χ0n) is 15.4. The van der Waals surface area contributed by atoms with Gasteiger partial charge in [-0.3, -0.25) is 9.59 Å². The number of ether oxygens (including phenoxy) is 1. The molecule has 0 aromatic carbocycles. The fraction of sp³-hybridized carbons (Fsp3) is 0.833. The number of aliphatic carboxylic acids is 1. The summed E-state index contributed by atoms with van der Waals surface area (Å²) in [6.45, 7) is 6.76. The Morgan fingerprint density at radius 2 is 1.76 bits per heavy atom. The number of carbonyl (C=O) groups is 3. The van der Waals surface area contributed by atoms with E-state index in [2.05, 4.69) is 5.32 Å². The summed E-state index contributed by atoms with van der Waals surface area (Å²) in [7, 11) is 0. The second kappa shape index (κ2) is 8.06. The van der Waals surface area contributed by atoms with Gasteiger partial charge in [-0.05, 0) is 58.8 Å². The molecule has 1 saturated heterocycles. The summed E-state index contributed by atoms with van der Waals surface area (Å²) in [5.74, 6) is -0.123. The van der Waals surface area contributed by atoms with Crippen molar-refractivity contribution in [3.8, 4) is 0 Å². The van der Waals surface area contributed by atoms with Crippen molar-refractivity contribution in [1.29, 1.82) is 0 Å². The lowest BCUT2D eigenvalue weighted by molar-refractivity contribution is -0.137. The molecule has 0 spiro atoms. The SMILES string of the molecule is CC(C)(C)OC(=O)NC(CC(=O)O)CC1CCN(C(=O)C2CC2)CC1. The van der Waals surface area contributed by atoms with Crippen LogP contribution in [0.2, 0.25) is 0 Å². The minimum absolute atomic E-state index is 0.125. The molecule has 2 aliphatic rings. The molecule has 1 saturated carbocycles. The van der Waals surface area contributed by atoms with Crippen LogP contribution in [0.25, 0.3) is 0 Å². The fourth-order valence-electron chi connectivity index (χ4n) is 3.26. The first-order chi connectivity index (χ1) is 11.6. The van der Waals surface area contributed by atoms with Crippen LogP contribution in [-0.4, -0.2) is 52.7 Å². The van der Waals surface area contributed by atoms with Crippen molar-refractivity contribution in [2.45, 2.75) is 70.9 Å². The van der Waals surface area contributed by atoms with Crippen molar-refractivity contribution in [3.05, 3.63) is 0 Å². The van der Waals surface area contributed by atoms with Gasteiger partial charge in [0.2, 0.25) is 5.91 Å². The van der Waals surface area contributed by atoms with E-state index in [9.17, 15) is 14.4 Å². The van der Waals surface area contributed by atoms with E-state index in [1.807, 2.05) is 4.90 Å². The second-order valence-electron chi connectivity index (χ2n) is 8.22. The molecule has 0 aromatic rings. The monoisotopic (exact) mass is 354 g/mol. The third-order valence-corrected chi connectivity index (χ3v) is 4.61. The minimum Gasteiger partial charge on any atom is -0.481 e. The number of hydrogen-bond acceptors (Lipinski definition) is 4. The lowest BCUT2D eigenvalue weighted by Gasteiger charge is -2.34. The van der Waals surface area contributed by atoms with Gasteiger partial charge in [0, 0.05) is 25.0 Å². The lowest BCUT2D eigenvalue weighted by Crippen LogP contribution is -2.43. The zero-order valence-corrected chi connectivity index (χ0v) is 15.4. The largest absolute Gasteiger partial charge is 0.481 e. The van der Waals surface area contributed by atoms with E-state index in [-0.39, 0.29) is 18.2 Å². The molecule has 0 aromatic heterocycles. The molecule has 2 N–H and O–H groups in total. The molecular weight excluding hydrogens is 324 g/mol. The molecule has 2 rings (SSSR count). The van der Waals surface area contributed by atoms with Crippen molar-refractivity contribution in [1.82, 2.24) is 10.2 Å². The van der Waals surface area contributed by atoms with E-state index < -0.39 is 23.7 Å². The maximum Gasteiger partial charge on any atom is 0.407 e. The zero-order chi connectivity index (χ0) is 18.6. The maximum absolute atomic E-state index is 12.1. The van der Waals surface area contributed by atoms with Gasteiger partial charge in [-0.2, -0.15) is 0 Å². The second-order valence-corrected chi connectivity index (χ2v) is 8.22. The number of piperidine rings is 1. The molecule has 1 heterocycles. The first-order valence-corrected chi connectivity index (χ1v) is 9.14. The molecule has 142 valence electrons. The molecule has 0 radical (unpaired) electrons. The Hall–Kier alpha value is -1.79. The number of carboxylic acid groups (broad SMARTS) is 1. The van der Waals surface area contributed by atoms with E-state index in [4.69, 9.17) is 9.84 Å². The highest BCUT2D eigenvalue weighted by molar-refractivity contribution is 5.81. The summed E-state index contributed by atoms with van der Waals surface area (Å²) in [4.78, 5) is 37.1. The van der Waals surface area contributed by atoms with Crippen LogP contribution in [0.5, 0.6) is 0 Å². The van der Waals surface area contributed by atoms with Crippen molar-refractivity contribution in [3.63, 3.8) is 0 Å². The summed E-state index contributed by atoms with van der Waals surface area (Å²) in [6.07, 6.45) is 3.62. The summed E-state index contributed by atoms with van der Waals surface area (Å²) in [5.41, 5.74) is -0.619. The number of nitrogens with one attached hydrogen (secondary N) is 1. The van der Waals surface area contributed by atoms with Gasteiger partial charge in [-0.1, -0.05) is 0 Å². The van der Waals surface area contributed by atoms with E-state index in [0.717, 1.165) is 38.8 Å². The smallest absolute Gasteiger partial charge is 0.407 e. The number of hydrogen-bond donors (Lipinski definition) is 2. The van der Waals surface area contributed by atoms with Crippen LogP contribution in [0.3, 0.4) is 0 Å². The Kier molecular flexibility index (Phi) is 6.30. The Labute approximate surface area is 149 Å². The molecule has 1 aliphatic heterocycles. The third-order valence-electron chi connectivity index (χ3n) is 4.61. The first-order valence-electron chi connectivity index (χ1n) is 9.14. The number of amides is 2.